The Kier molecular flexibility index (Phi) is 7.95. The fourth-order valence-electron chi connectivity index (χ4n) is 12.0. The number of nitrogens with zero attached hydrogens (tertiary/aromatic N) is 2. The van der Waals surface area contributed by atoms with Gasteiger partial charge < -0.3 is 9.13 Å². The fourth-order valence-corrected chi connectivity index (χ4v) is 14.4. The van der Waals surface area contributed by atoms with Crippen LogP contribution in [-0.2, 0) is 0 Å². The van der Waals surface area contributed by atoms with Gasteiger partial charge in [0, 0.05) is 73.3 Å². The highest BCUT2D eigenvalue weighted by Crippen LogP contribution is 2.46. The van der Waals surface area contributed by atoms with Crippen LogP contribution in [0.3, 0.4) is 0 Å². The van der Waals surface area contributed by atoms with Crippen LogP contribution in [0.4, 0.5) is 0 Å². The maximum absolute atomic E-state index is 2.45. The molecule has 324 valence electrons. The van der Waals surface area contributed by atoms with Crippen LogP contribution in [-0.4, -0.2) is 9.13 Å². The second-order valence-electron chi connectivity index (χ2n) is 18.8. The minimum atomic E-state index is 1.16. The minimum absolute atomic E-state index is 1.16. The summed E-state index contributed by atoms with van der Waals surface area (Å²) in [4.78, 5) is 0. The van der Waals surface area contributed by atoms with Gasteiger partial charge in [-0.25, -0.2) is 0 Å². The molecule has 4 heteroatoms. The first kappa shape index (κ1) is 38.4. The molecule has 2 nitrogen and oxygen atoms in total. The van der Waals surface area contributed by atoms with Gasteiger partial charge in [0.05, 0.1) is 22.1 Å². The van der Waals surface area contributed by atoms with Crippen molar-refractivity contribution in [3.63, 3.8) is 0 Å². The van der Waals surface area contributed by atoms with Gasteiger partial charge in [-0.15, -0.1) is 22.7 Å². The number of hydrogen-bond donors (Lipinski definition) is 0. The van der Waals surface area contributed by atoms with E-state index in [0.29, 0.717) is 0 Å². The molecule has 0 aliphatic heterocycles. The Hall–Kier alpha value is -8.54. The zero-order valence-corrected chi connectivity index (χ0v) is 39.3. The Morgan fingerprint density at radius 1 is 0.229 bits per heavy atom. The number of rotatable bonds is 4. The molecule has 0 bridgehead atoms. The number of thiophene rings is 2. The zero-order valence-electron chi connectivity index (χ0n) is 37.7. The second-order valence-corrected chi connectivity index (χ2v) is 20.9. The van der Waals surface area contributed by atoms with Crippen LogP contribution in [0.5, 0.6) is 0 Å². The molecule has 0 spiro atoms. The molecule has 16 rings (SSSR count). The first-order valence-electron chi connectivity index (χ1n) is 24.0. The molecule has 16 aromatic rings. The second kappa shape index (κ2) is 14.5. The summed E-state index contributed by atoms with van der Waals surface area (Å²) in [6.07, 6.45) is 0. The van der Waals surface area contributed by atoms with Crippen molar-refractivity contribution in [3.8, 4) is 33.6 Å². The van der Waals surface area contributed by atoms with Crippen molar-refractivity contribution >= 4 is 139 Å². The molecular formula is C66H38N2S2. The van der Waals surface area contributed by atoms with Crippen LogP contribution in [0, 0.1) is 0 Å². The van der Waals surface area contributed by atoms with Gasteiger partial charge in [-0.05, 0) is 133 Å². The minimum Gasteiger partial charge on any atom is -0.309 e. The standard InChI is InChI=1S/C66H38N2S2/c1-2-17-47-45(15-1)46-16-3-4-18-48(46)54-36-43(29-30-49(47)54)68-60-25-9-6-20-51(60)56-35-40(28-32-62(56)68)39-27-31-61-55(34-39)50-19-5-8-24-59(50)67(61)42-14-11-13-41(33-42)44-22-12-23-53-58-37-57-52-21-7-10-26-63(52)69-64(57)38-65(58)70-66(44)53/h1-38H. The molecule has 70 heavy (non-hydrogen) atoms. The zero-order chi connectivity index (χ0) is 45.6. The number of para-hydroxylation sites is 2. The molecule has 0 amide bonds. The van der Waals surface area contributed by atoms with Crippen LogP contribution < -0.4 is 0 Å². The maximum atomic E-state index is 2.45. The summed E-state index contributed by atoms with van der Waals surface area (Å²) >= 11 is 3.81. The highest BCUT2D eigenvalue weighted by molar-refractivity contribution is 7.28. The average Bonchev–Trinajstić information content (AvgIpc) is 4.17. The van der Waals surface area contributed by atoms with Gasteiger partial charge in [-0.3, -0.25) is 0 Å². The molecule has 12 aromatic carbocycles. The van der Waals surface area contributed by atoms with Gasteiger partial charge in [-0.1, -0.05) is 152 Å². The number of fused-ring (bicyclic) bond motifs is 18. The van der Waals surface area contributed by atoms with Gasteiger partial charge in [-0.2, -0.15) is 0 Å². The molecule has 4 heterocycles. The summed E-state index contributed by atoms with van der Waals surface area (Å²) in [6, 6.07) is 86.1. The molecule has 0 aliphatic carbocycles. The third-order valence-electron chi connectivity index (χ3n) is 15.1. The van der Waals surface area contributed by atoms with Crippen molar-refractivity contribution in [3.05, 3.63) is 231 Å². The van der Waals surface area contributed by atoms with E-state index < -0.39 is 0 Å². The van der Waals surface area contributed by atoms with Crippen molar-refractivity contribution in [2.45, 2.75) is 0 Å². The van der Waals surface area contributed by atoms with E-state index >= 15 is 0 Å². The summed E-state index contributed by atoms with van der Waals surface area (Å²) in [5, 5.41) is 18.1. The van der Waals surface area contributed by atoms with E-state index in [1.54, 1.807) is 0 Å². The van der Waals surface area contributed by atoms with E-state index in [9.17, 15) is 0 Å². The van der Waals surface area contributed by atoms with E-state index in [1.165, 1.54) is 144 Å². The van der Waals surface area contributed by atoms with Crippen LogP contribution in [0.1, 0.15) is 0 Å². The first-order valence-corrected chi connectivity index (χ1v) is 25.6. The van der Waals surface area contributed by atoms with Gasteiger partial charge in [0.15, 0.2) is 0 Å². The highest BCUT2D eigenvalue weighted by atomic mass is 32.1. The lowest BCUT2D eigenvalue weighted by atomic mass is 9.94. The topological polar surface area (TPSA) is 9.86 Å². The Balaban J connectivity index is 0.819. The van der Waals surface area contributed by atoms with Gasteiger partial charge >= 0.3 is 0 Å². The Morgan fingerprint density at radius 3 is 1.40 bits per heavy atom. The summed E-state index contributed by atoms with van der Waals surface area (Å²) in [5.74, 6) is 0. The molecule has 0 radical (unpaired) electrons. The summed E-state index contributed by atoms with van der Waals surface area (Å²) in [5.41, 5.74) is 12.0. The lowest BCUT2D eigenvalue weighted by molar-refractivity contribution is 1.18. The van der Waals surface area contributed by atoms with Crippen LogP contribution in [0.2, 0.25) is 0 Å². The van der Waals surface area contributed by atoms with Gasteiger partial charge in [0.1, 0.15) is 0 Å². The van der Waals surface area contributed by atoms with E-state index in [-0.39, 0.29) is 0 Å². The van der Waals surface area contributed by atoms with E-state index in [1.807, 2.05) is 22.7 Å². The average molecular weight is 923 g/mol. The van der Waals surface area contributed by atoms with Crippen molar-refractivity contribution in [1.29, 1.82) is 0 Å². The Labute approximate surface area is 409 Å². The Morgan fingerprint density at radius 2 is 0.729 bits per heavy atom. The van der Waals surface area contributed by atoms with Crippen LogP contribution in [0.15, 0.2) is 231 Å². The smallest absolute Gasteiger partial charge is 0.0541 e. The van der Waals surface area contributed by atoms with E-state index in [0.717, 1.165) is 5.69 Å². The summed E-state index contributed by atoms with van der Waals surface area (Å²) < 4.78 is 10.3. The molecule has 0 atom stereocenters. The predicted molar refractivity (Wildman–Crippen MR) is 304 cm³/mol. The molecule has 0 saturated carbocycles. The fraction of sp³-hybridized carbons (Fsp3) is 0. The van der Waals surface area contributed by atoms with E-state index in [2.05, 4.69) is 240 Å². The third-order valence-corrected chi connectivity index (χ3v) is 17.4. The molecule has 0 aliphatic rings. The van der Waals surface area contributed by atoms with Crippen molar-refractivity contribution in [2.24, 2.45) is 0 Å². The summed E-state index contributed by atoms with van der Waals surface area (Å²) in [7, 11) is 0. The van der Waals surface area contributed by atoms with Gasteiger partial charge in [0.25, 0.3) is 0 Å². The largest absolute Gasteiger partial charge is 0.309 e. The lowest BCUT2D eigenvalue weighted by Gasteiger charge is -2.14. The molecule has 0 fully saturated rings. The highest BCUT2D eigenvalue weighted by Gasteiger charge is 2.19. The molecule has 0 saturated heterocycles. The van der Waals surface area contributed by atoms with Gasteiger partial charge in [0.2, 0.25) is 0 Å². The molecule has 0 unspecified atom stereocenters. The number of hydrogen-bond acceptors (Lipinski definition) is 2. The van der Waals surface area contributed by atoms with Crippen LogP contribution >= 0.6 is 22.7 Å². The third kappa shape index (κ3) is 5.43. The normalized spacial score (nSPS) is 12.3. The van der Waals surface area contributed by atoms with Crippen molar-refractivity contribution in [1.82, 2.24) is 9.13 Å². The number of benzene rings is 12. The molecule has 4 aromatic heterocycles. The van der Waals surface area contributed by atoms with Crippen molar-refractivity contribution < 1.29 is 0 Å². The van der Waals surface area contributed by atoms with E-state index in [4.69, 9.17) is 0 Å². The predicted octanol–water partition coefficient (Wildman–Crippen LogP) is 19.4. The van der Waals surface area contributed by atoms with Crippen molar-refractivity contribution in [2.75, 3.05) is 0 Å². The molecule has 0 N–H and O–H groups in total. The SMILES string of the molecule is c1cc(-c2cccc3c2sc2cc4sc5ccccc5c4cc23)cc(-n2c3ccccc3c3cc(-c4ccc5c(c4)c4ccccc4n5-c4ccc5c6ccccc6c6ccccc6c5c4)ccc32)c1. The number of aromatic nitrogens is 2. The Bertz CT molecular complexity index is 4870. The monoisotopic (exact) mass is 922 g/mol. The first-order chi connectivity index (χ1) is 34.7. The molecular weight excluding hydrogens is 885 g/mol. The maximum Gasteiger partial charge on any atom is 0.0541 e. The lowest BCUT2D eigenvalue weighted by Crippen LogP contribution is -1.95. The quantitative estimate of drug-likeness (QED) is 0.156. The summed E-state index contributed by atoms with van der Waals surface area (Å²) in [6.45, 7) is 0. The van der Waals surface area contributed by atoms with Crippen LogP contribution in [0.25, 0.3) is 150 Å².